The SMILES string of the molecule is CSc1ccc(S(=O)(=O)NCCSCc2ccc(Cl)c(Cl)c2)cc1C(=O)N1CCC(C)CC1. The van der Waals surface area contributed by atoms with Crippen molar-refractivity contribution in [3.8, 4) is 0 Å². The first-order valence-corrected chi connectivity index (χ1v) is 15.3. The molecule has 0 radical (unpaired) electrons. The second kappa shape index (κ2) is 12.2. The number of sulfonamides is 1. The molecule has 0 atom stereocenters. The molecule has 1 aliphatic rings. The molecule has 0 aromatic heterocycles. The van der Waals surface area contributed by atoms with E-state index in [2.05, 4.69) is 11.6 Å². The summed E-state index contributed by atoms with van der Waals surface area (Å²) in [6.45, 7) is 3.89. The number of hydrogen-bond donors (Lipinski definition) is 1. The molecular formula is C23H28Cl2N2O3S3. The lowest BCUT2D eigenvalue weighted by molar-refractivity contribution is 0.0693. The Morgan fingerprint density at radius 1 is 1.12 bits per heavy atom. The zero-order valence-electron chi connectivity index (χ0n) is 18.6. The van der Waals surface area contributed by atoms with Gasteiger partial charge in [-0.1, -0.05) is 36.2 Å². The first kappa shape index (κ1) is 26.7. The van der Waals surface area contributed by atoms with Crippen molar-refractivity contribution in [2.45, 2.75) is 35.3 Å². The minimum Gasteiger partial charge on any atom is -0.339 e. The van der Waals surface area contributed by atoms with Crippen LogP contribution >= 0.6 is 46.7 Å². The summed E-state index contributed by atoms with van der Waals surface area (Å²) in [5.74, 6) is 1.81. The van der Waals surface area contributed by atoms with Crippen LogP contribution in [0.4, 0.5) is 0 Å². The minimum atomic E-state index is -3.72. The van der Waals surface area contributed by atoms with Gasteiger partial charge in [0.1, 0.15) is 0 Å². The third-order valence-electron chi connectivity index (χ3n) is 5.57. The number of benzene rings is 2. The molecule has 5 nitrogen and oxygen atoms in total. The quantitative estimate of drug-likeness (QED) is 0.318. The van der Waals surface area contributed by atoms with Gasteiger partial charge >= 0.3 is 0 Å². The van der Waals surface area contributed by atoms with Crippen molar-refractivity contribution >= 4 is 62.7 Å². The van der Waals surface area contributed by atoms with Crippen LogP contribution in [0.3, 0.4) is 0 Å². The van der Waals surface area contributed by atoms with E-state index in [-0.39, 0.29) is 17.3 Å². The number of nitrogens with one attached hydrogen (secondary N) is 1. The van der Waals surface area contributed by atoms with Crippen LogP contribution in [-0.4, -0.2) is 50.9 Å². The lowest BCUT2D eigenvalue weighted by Gasteiger charge is -2.30. The van der Waals surface area contributed by atoms with E-state index in [1.54, 1.807) is 30.0 Å². The van der Waals surface area contributed by atoms with Crippen molar-refractivity contribution in [2.75, 3.05) is 31.6 Å². The molecule has 10 heteroatoms. The minimum absolute atomic E-state index is 0.0968. The van der Waals surface area contributed by atoms with Gasteiger partial charge in [0, 0.05) is 36.0 Å². The highest BCUT2D eigenvalue weighted by Crippen LogP contribution is 2.27. The standard InChI is InChI=1S/C23H28Cl2N2O3S3/c1-16-7-10-27(11-8-16)23(28)19-14-18(4-6-22(19)31-2)33(29,30)26-9-12-32-15-17-3-5-20(24)21(25)13-17/h3-6,13-14,16,26H,7-12,15H2,1-2H3. The molecule has 1 heterocycles. The number of carbonyl (C=O) groups excluding carboxylic acids is 1. The van der Waals surface area contributed by atoms with Crippen LogP contribution < -0.4 is 4.72 Å². The highest BCUT2D eigenvalue weighted by molar-refractivity contribution is 7.98. The first-order chi connectivity index (χ1) is 15.7. The number of piperidine rings is 1. The summed E-state index contributed by atoms with van der Waals surface area (Å²) in [7, 11) is -3.72. The average Bonchev–Trinajstić information content (AvgIpc) is 2.80. The predicted molar refractivity (Wildman–Crippen MR) is 140 cm³/mol. The van der Waals surface area contributed by atoms with Gasteiger partial charge in [-0.2, -0.15) is 11.8 Å². The van der Waals surface area contributed by atoms with E-state index < -0.39 is 10.0 Å². The Kier molecular flexibility index (Phi) is 9.85. The normalized spacial score (nSPS) is 15.1. The third-order valence-corrected chi connectivity index (χ3v) is 9.60. The lowest BCUT2D eigenvalue weighted by atomic mass is 9.98. The fourth-order valence-electron chi connectivity index (χ4n) is 3.55. The number of amides is 1. The molecule has 1 N–H and O–H groups in total. The van der Waals surface area contributed by atoms with Crippen LogP contribution in [0.15, 0.2) is 46.2 Å². The number of halogens is 2. The van der Waals surface area contributed by atoms with Gasteiger partial charge in [0.25, 0.3) is 5.91 Å². The monoisotopic (exact) mass is 546 g/mol. The summed E-state index contributed by atoms with van der Waals surface area (Å²) in [4.78, 5) is 15.9. The van der Waals surface area contributed by atoms with Crippen molar-refractivity contribution in [1.29, 1.82) is 0 Å². The second-order valence-electron chi connectivity index (χ2n) is 8.04. The van der Waals surface area contributed by atoms with Crippen LogP contribution in [0.25, 0.3) is 0 Å². The first-order valence-electron chi connectivity index (χ1n) is 10.7. The van der Waals surface area contributed by atoms with E-state index >= 15 is 0 Å². The molecule has 3 rings (SSSR count). The fraction of sp³-hybridized carbons (Fsp3) is 0.435. The number of rotatable bonds is 9. The van der Waals surface area contributed by atoms with E-state index in [9.17, 15) is 13.2 Å². The molecule has 2 aromatic rings. The Balaban J connectivity index is 1.60. The van der Waals surface area contributed by atoms with Gasteiger partial charge in [0.2, 0.25) is 10.0 Å². The molecule has 0 bridgehead atoms. The van der Waals surface area contributed by atoms with E-state index in [0.717, 1.165) is 23.3 Å². The van der Waals surface area contributed by atoms with E-state index in [1.807, 2.05) is 23.3 Å². The van der Waals surface area contributed by atoms with Gasteiger partial charge < -0.3 is 4.90 Å². The van der Waals surface area contributed by atoms with Crippen LogP contribution in [0.2, 0.25) is 10.0 Å². The molecule has 1 amide bonds. The zero-order valence-corrected chi connectivity index (χ0v) is 22.6. The average molecular weight is 548 g/mol. The number of nitrogens with zero attached hydrogens (tertiary/aromatic N) is 1. The van der Waals surface area contributed by atoms with E-state index in [0.29, 0.717) is 46.1 Å². The van der Waals surface area contributed by atoms with Gasteiger partial charge in [-0.15, -0.1) is 11.8 Å². The molecule has 0 aliphatic carbocycles. The zero-order chi connectivity index (χ0) is 24.0. The fourth-order valence-corrected chi connectivity index (χ4v) is 6.44. The second-order valence-corrected chi connectivity index (χ2v) is 12.6. The molecule has 180 valence electrons. The molecule has 2 aromatic carbocycles. The van der Waals surface area contributed by atoms with Crippen LogP contribution in [0, 0.1) is 5.92 Å². The van der Waals surface area contributed by atoms with Crippen LogP contribution in [0.1, 0.15) is 35.7 Å². The molecule has 33 heavy (non-hydrogen) atoms. The van der Waals surface area contributed by atoms with E-state index in [1.165, 1.54) is 17.8 Å². The largest absolute Gasteiger partial charge is 0.339 e. The molecule has 0 saturated carbocycles. The summed E-state index contributed by atoms with van der Waals surface area (Å²) in [5, 5.41) is 1.02. The highest BCUT2D eigenvalue weighted by atomic mass is 35.5. The summed E-state index contributed by atoms with van der Waals surface area (Å²) in [5.41, 5.74) is 1.48. The van der Waals surface area contributed by atoms with Crippen molar-refractivity contribution in [2.24, 2.45) is 5.92 Å². The maximum absolute atomic E-state index is 13.1. The molecule has 1 saturated heterocycles. The smallest absolute Gasteiger partial charge is 0.255 e. The molecular weight excluding hydrogens is 519 g/mol. The summed E-state index contributed by atoms with van der Waals surface area (Å²) < 4.78 is 28.4. The lowest BCUT2D eigenvalue weighted by Crippen LogP contribution is -2.38. The Labute approximate surface area is 215 Å². The third kappa shape index (κ3) is 7.29. The summed E-state index contributed by atoms with van der Waals surface area (Å²) in [6, 6.07) is 10.3. The van der Waals surface area contributed by atoms with Gasteiger partial charge in [-0.3, -0.25) is 4.79 Å². The number of likely N-dealkylation sites (tertiary alicyclic amines) is 1. The van der Waals surface area contributed by atoms with Gasteiger partial charge in [-0.25, -0.2) is 13.1 Å². The molecule has 0 spiro atoms. The molecule has 0 unspecified atom stereocenters. The number of thioether (sulfide) groups is 2. The number of carbonyl (C=O) groups is 1. The summed E-state index contributed by atoms with van der Waals surface area (Å²) >= 11 is 15.0. The molecule has 1 fully saturated rings. The topological polar surface area (TPSA) is 66.5 Å². The Hall–Kier alpha value is -0.900. The van der Waals surface area contributed by atoms with Crippen molar-refractivity contribution in [1.82, 2.24) is 9.62 Å². The van der Waals surface area contributed by atoms with Crippen LogP contribution in [0.5, 0.6) is 0 Å². The molecule has 1 aliphatic heterocycles. The highest BCUT2D eigenvalue weighted by Gasteiger charge is 2.25. The Bertz CT molecular complexity index is 1090. The predicted octanol–water partition coefficient (Wildman–Crippen LogP) is 5.80. The van der Waals surface area contributed by atoms with Gasteiger partial charge in [0.15, 0.2) is 0 Å². The van der Waals surface area contributed by atoms with Crippen molar-refractivity contribution < 1.29 is 13.2 Å². The Morgan fingerprint density at radius 2 is 1.85 bits per heavy atom. The van der Waals surface area contributed by atoms with Gasteiger partial charge in [0.05, 0.1) is 20.5 Å². The number of hydrogen-bond acceptors (Lipinski definition) is 5. The Morgan fingerprint density at radius 3 is 2.52 bits per heavy atom. The van der Waals surface area contributed by atoms with E-state index in [4.69, 9.17) is 23.2 Å². The van der Waals surface area contributed by atoms with Crippen LogP contribution in [-0.2, 0) is 15.8 Å². The summed E-state index contributed by atoms with van der Waals surface area (Å²) in [6.07, 6.45) is 3.83. The van der Waals surface area contributed by atoms with Crippen molar-refractivity contribution in [3.63, 3.8) is 0 Å². The maximum atomic E-state index is 13.1. The van der Waals surface area contributed by atoms with Gasteiger partial charge in [-0.05, 0) is 60.9 Å². The maximum Gasteiger partial charge on any atom is 0.255 e. The van der Waals surface area contributed by atoms with Crippen molar-refractivity contribution in [3.05, 3.63) is 57.6 Å².